The number of hydrogen-bond donors (Lipinski definition) is 0. The van der Waals surface area contributed by atoms with E-state index in [-0.39, 0.29) is 17.6 Å². The quantitative estimate of drug-likeness (QED) is 0.726. The molecule has 0 atom stereocenters. The van der Waals surface area contributed by atoms with E-state index < -0.39 is 0 Å². The van der Waals surface area contributed by atoms with Crippen molar-refractivity contribution >= 4 is 5.91 Å². The SMILES string of the molecule is CN(Cc1cnn(C)c1)C(=O)c1ccc(Oc2ccccc2)o1. The molecule has 0 aliphatic heterocycles. The first-order valence-electron chi connectivity index (χ1n) is 7.17. The molecule has 6 heteroatoms. The highest BCUT2D eigenvalue weighted by Gasteiger charge is 2.17. The molecule has 0 fully saturated rings. The molecule has 0 aliphatic carbocycles. The fourth-order valence-electron chi connectivity index (χ4n) is 2.18. The molecule has 6 nitrogen and oxygen atoms in total. The van der Waals surface area contributed by atoms with Crippen molar-refractivity contribution in [2.24, 2.45) is 7.05 Å². The molecule has 0 saturated carbocycles. The largest absolute Gasteiger partial charge is 0.426 e. The van der Waals surface area contributed by atoms with E-state index in [9.17, 15) is 4.79 Å². The van der Waals surface area contributed by atoms with Crippen LogP contribution in [-0.2, 0) is 13.6 Å². The number of furan rings is 1. The van der Waals surface area contributed by atoms with Gasteiger partial charge in [0.05, 0.1) is 6.20 Å². The van der Waals surface area contributed by atoms with Crippen LogP contribution >= 0.6 is 0 Å². The van der Waals surface area contributed by atoms with Crippen LogP contribution in [-0.4, -0.2) is 27.6 Å². The lowest BCUT2D eigenvalue weighted by Gasteiger charge is -2.14. The van der Waals surface area contributed by atoms with Gasteiger partial charge in [-0.25, -0.2) is 0 Å². The van der Waals surface area contributed by atoms with Crippen LogP contribution in [0.2, 0.25) is 0 Å². The number of amides is 1. The Hall–Kier alpha value is -3.02. The topological polar surface area (TPSA) is 60.5 Å². The number of carbonyl (C=O) groups excluding carboxylic acids is 1. The average molecular weight is 311 g/mol. The lowest BCUT2D eigenvalue weighted by Crippen LogP contribution is -2.25. The molecule has 2 heterocycles. The molecule has 0 bridgehead atoms. The van der Waals surface area contributed by atoms with Crippen molar-refractivity contribution in [2.75, 3.05) is 7.05 Å². The first-order chi connectivity index (χ1) is 11.1. The van der Waals surface area contributed by atoms with Crippen molar-refractivity contribution in [3.05, 3.63) is 66.2 Å². The van der Waals surface area contributed by atoms with Crippen LogP contribution in [0.3, 0.4) is 0 Å². The summed E-state index contributed by atoms with van der Waals surface area (Å²) < 4.78 is 12.7. The Kier molecular flexibility index (Phi) is 4.14. The lowest BCUT2D eigenvalue weighted by molar-refractivity contribution is 0.0748. The molecule has 0 spiro atoms. The summed E-state index contributed by atoms with van der Waals surface area (Å²) in [4.78, 5) is 13.9. The van der Waals surface area contributed by atoms with E-state index in [0.717, 1.165) is 5.56 Å². The zero-order valence-electron chi connectivity index (χ0n) is 13.0. The number of para-hydroxylation sites is 1. The van der Waals surface area contributed by atoms with Crippen LogP contribution in [0, 0.1) is 0 Å². The van der Waals surface area contributed by atoms with E-state index >= 15 is 0 Å². The number of carbonyl (C=O) groups is 1. The third-order valence-electron chi connectivity index (χ3n) is 3.28. The molecular formula is C17H17N3O3. The maximum absolute atomic E-state index is 12.4. The van der Waals surface area contributed by atoms with Crippen LogP contribution in [0.5, 0.6) is 11.7 Å². The average Bonchev–Trinajstić information content (AvgIpc) is 3.17. The van der Waals surface area contributed by atoms with Gasteiger partial charge in [-0.15, -0.1) is 0 Å². The molecule has 118 valence electrons. The molecular weight excluding hydrogens is 294 g/mol. The highest BCUT2D eigenvalue weighted by Crippen LogP contribution is 2.24. The Bertz CT molecular complexity index is 792. The molecule has 1 amide bonds. The van der Waals surface area contributed by atoms with E-state index in [0.29, 0.717) is 12.3 Å². The fourth-order valence-corrected chi connectivity index (χ4v) is 2.18. The molecule has 2 aromatic heterocycles. The molecule has 0 radical (unpaired) electrons. The Labute approximate surface area is 133 Å². The second-order valence-electron chi connectivity index (χ2n) is 5.22. The smallest absolute Gasteiger partial charge is 0.290 e. The lowest BCUT2D eigenvalue weighted by atomic mass is 10.3. The van der Waals surface area contributed by atoms with Gasteiger partial charge in [0.15, 0.2) is 5.76 Å². The molecule has 3 aromatic rings. The summed E-state index contributed by atoms with van der Waals surface area (Å²) in [7, 11) is 3.56. The van der Waals surface area contributed by atoms with Gasteiger partial charge in [0, 0.05) is 38.5 Å². The highest BCUT2D eigenvalue weighted by atomic mass is 16.6. The number of nitrogens with zero attached hydrogens (tertiary/aromatic N) is 3. The van der Waals surface area contributed by atoms with E-state index in [4.69, 9.17) is 9.15 Å². The highest BCUT2D eigenvalue weighted by molar-refractivity contribution is 5.91. The molecule has 23 heavy (non-hydrogen) atoms. The molecule has 0 N–H and O–H groups in total. The standard InChI is InChI=1S/C17H17N3O3/c1-19(11-13-10-18-20(2)12-13)17(21)15-8-9-16(23-15)22-14-6-4-3-5-7-14/h3-10,12H,11H2,1-2H3. The molecule has 0 saturated heterocycles. The molecule has 0 aliphatic rings. The molecule has 3 rings (SSSR count). The monoisotopic (exact) mass is 311 g/mol. The maximum Gasteiger partial charge on any atom is 0.290 e. The number of aryl methyl sites for hydroxylation is 1. The van der Waals surface area contributed by atoms with Crippen molar-refractivity contribution in [1.29, 1.82) is 0 Å². The maximum atomic E-state index is 12.4. The van der Waals surface area contributed by atoms with E-state index in [1.807, 2.05) is 43.6 Å². The zero-order valence-corrected chi connectivity index (χ0v) is 13.0. The Balaban J connectivity index is 1.65. The minimum absolute atomic E-state index is 0.211. The van der Waals surface area contributed by atoms with E-state index in [1.165, 1.54) is 0 Å². The van der Waals surface area contributed by atoms with Gasteiger partial charge in [0.1, 0.15) is 5.75 Å². The van der Waals surface area contributed by atoms with Crippen LogP contribution in [0.4, 0.5) is 0 Å². The van der Waals surface area contributed by atoms with Gasteiger partial charge in [-0.2, -0.15) is 5.10 Å². The summed E-state index contributed by atoms with van der Waals surface area (Å²) in [6, 6.07) is 12.5. The number of hydrogen-bond acceptors (Lipinski definition) is 4. The van der Waals surface area contributed by atoms with Gasteiger partial charge < -0.3 is 14.1 Å². The van der Waals surface area contributed by atoms with Crippen LogP contribution < -0.4 is 4.74 Å². The normalized spacial score (nSPS) is 10.5. The third kappa shape index (κ3) is 3.60. The Morgan fingerprint density at radius 2 is 2.04 bits per heavy atom. The zero-order chi connectivity index (χ0) is 16.2. The van der Waals surface area contributed by atoms with Crippen LogP contribution in [0.15, 0.2) is 59.3 Å². The summed E-state index contributed by atoms with van der Waals surface area (Å²) in [5.41, 5.74) is 0.954. The van der Waals surface area contributed by atoms with Crippen molar-refractivity contribution < 1.29 is 13.9 Å². The number of ether oxygens (including phenoxy) is 1. The first kappa shape index (κ1) is 14.9. The first-order valence-corrected chi connectivity index (χ1v) is 7.17. The van der Waals surface area contributed by atoms with Crippen LogP contribution in [0.25, 0.3) is 0 Å². The van der Waals surface area contributed by atoms with Gasteiger partial charge in [0.2, 0.25) is 0 Å². The van der Waals surface area contributed by atoms with Gasteiger partial charge in [0.25, 0.3) is 11.9 Å². The molecule has 0 unspecified atom stereocenters. The number of aromatic nitrogens is 2. The van der Waals surface area contributed by atoms with Crippen molar-refractivity contribution in [3.63, 3.8) is 0 Å². The summed E-state index contributed by atoms with van der Waals surface area (Å²) >= 11 is 0. The van der Waals surface area contributed by atoms with E-state index in [1.54, 1.807) is 35.0 Å². The second-order valence-corrected chi connectivity index (χ2v) is 5.22. The van der Waals surface area contributed by atoms with Gasteiger partial charge >= 0.3 is 0 Å². The Morgan fingerprint density at radius 3 is 2.74 bits per heavy atom. The van der Waals surface area contributed by atoms with Crippen molar-refractivity contribution in [2.45, 2.75) is 6.54 Å². The van der Waals surface area contributed by atoms with Crippen molar-refractivity contribution in [1.82, 2.24) is 14.7 Å². The predicted molar refractivity (Wildman–Crippen MR) is 84.2 cm³/mol. The summed E-state index contributed by atoms with van der Waals surface area (Å²) in [6.45, 7) is 0.461. The van der Waals surface area contributed by atoms with Gasteiger partial charge in [-0.05, 0) is 18.2 Å². The fraction of sp³-hybridized carbons (Fsp3) is 0.176. The van der Waals surface area contributed by atoms with Gasteiger partial charge in [-0.3, -0.25) is 9.48 Å². The van der Waals surface area contributed by atoms with Crippen molar-refractivity contribution in [3.8, 4) is 11.7 Å². The minimum Gasteiger partial charge on any atom is -0.426 e. The summed E-state index contributed by atoms with van der Waals surface area (Å²) in [6.07, 6.45) is 3.60. The summed E-state index contributed by atoms with van der Waals surface area (Å²) in [5.74, 6) is 0.970. The third-order valence-corrected chi connectivity index (χ3v) is 3.28. The molecule has 1 aromatic carbocycles. The minimum atomic E-state index is -0.211. The second kappa shape index (κ2) is 6.39. The number of rotatable bonds is 5. The Morgan fingerprint density at radius 1 is 1.26 bits per heavy atom. The van der Waals surface area contributed by atoms with E-state index in [2.05, 4.69) is 5.10 Å². The van der Waals surface area contributed by atoms with Crippen LogP contribution in [0.1, 0.15) is 16.1 Å². The van der Waals surface area contributed by atoms with Gasteiger partial charge in [-0.1, -0.05) is 18.2 Å². The number of benzene rings is 1. The predicted octanol–water partition coefficient (Wildman–Crippen LogP) is 3.08. The summed E-state index contributed by atoms with van der Waals surface area (Å²) in [5, 5.41) is 4.09.